The summed E-state index contributed by atoms with van der Waals surface area (Å²) in [4.78, 5) is 4.86. The Morgan fingerprint density at radius 3 is 2.50 bits per heavy atom. The third-order valence-electron chi connectivity index (χ3n) is 8.39. The summed E-state index contributed by atoms with van der Waals surface area (Å²) in [6.45, 7) is 10.8. The van der Waals surface area contributed by atoms with E-state index in [9.17, 15) is 0 Å². The van der Waals surface area contributed by atoms with Crippen LogP contribution in [0.5, 0.6) is 0 Å². The lowest BCUT2D eigenvalue weighted by atomic mass is 9.50. The first kappa shape index (κ1) is 19.0. The second kappa shape index (κ2) is 6.29. The summed E-state index contributed by atoms with van der Waals surface area (Å²) in [7, 11) is 0. The van der Waals surface area contributed by atoms with E-state index in [1.807, 2.05) is 23.1 Å². The second-order valence-electron chi connectivity index (χ2n) is 10.2. The molecule has 3 aromatic rings. The first-order valence-corrected chi connectivity index (χ1v) is 11.9. The fourth-order valence-electron chi connectivity index (χ4n) is 5.97. The van der Waals surface area contributed by atoms with Crippen LogP contribution in [0.15, 0.2) is 43.1 Å². The van der Waals surface area contributed by atoms with Crippen LogP contribution >= 0.6 is 11.6 Å². The summed E-state index contributed by atoms with van der Waals surface area (Å²) in [5.41, 5.74) is 3.41. The molecule has 3 saturated carbocycles. The molecular formula is C24H27ClN6O. The molecule has 0 unspecified atom stereocenters. The quantitative estimate of drug-likeness (QED) is 0.605. The minimum atomic E-state index is -0.0288. The van der Waals surface area contributed by atoms with Crippen LogP contribution in [-0.2, 0) is 10.3 Å². The molecule has 0 amide bonds. The SMILES string of the molecule is C=C1OC[C@@]1(C)N1CCN(c2cc3c(cnn3-c3cnn(C45CC(C4)C5)c3)cc2Cl)CC1. The number of nitrogens with zero attached hydrogens (tertiary/aromatic N) is 6. The van der Waals surface area contributed by atoms with Crippen LogP contribution < -0.4 is 4.90 Å². The van der Waals surface area contributed by atoms with E-state index < -0.39 is 0 Å². The lowest BCUT2D eigenvalue weighted by molar-refractivity contribution is -0.0977. The van der Waals surface area contributed by atoms with Crippen molar-refractivity contribution in [2.45, 2.75) is 37.3 Å². The highest BCUT2D eigenvalue weighted by Gasteiger charge is 2.58. The summed E-state index contributed by atoms with van der Waals surface area (Å²) in [5.74, 6) is 1.81. The molecule has 166 valence electrons. The van der Waals surface area contributed by atoms with Crippen molar-refractivity contribution in [3.05, 3.63) is 48.1 Å². The first-order valence-electron chi connectivity index (χ1n) is 11.5. The zero-order chi connectivity index (χ0) is 21.7. The maximum absolute atomic E-state index is 6.73. The van der Waals surface area contributed by atoms with Crippen molar-refractivity contribution in [2.24, 2.45) is 5.92 Å². The molecule has 0 radical (unpaired) electrons. The van der Waals surface area contributed by atoms with E-state index in [1.165, 1.54) is 19.3 Å². The molecule has 2 aromatic heterocycles. The van der Waals surface area contributed by atoms with Gasteiger partial charge in [-0.05, 0) is 44.2 Å². The zero-order valence-electron chi connectivity index (χ0n) is 18.3. The molecule has 3 aliphatic carbocycles. The first-order chi connectivity index (χ1) is 15.5. The van der Waals surface area contributed by atoms with Crippen LogP contribution in [0.4, 0.5) is 5.69 Å². The molecule has 0 spiro atoms. The number of anilines is 1. The largest absolute Gasteiger partial charge is 0.494 e. The van der Waals surface area contributed by atoms with E-state index in [2.05, 4.69) is 50.4 Å². The van der Waals surface area contributed by atoms with Gasteiger partial charge < -0.3 is 9.64 Å². The molecule has 32 heavy (non-hydrogen) atoms. The van der Waals surface area contributed by atoms with Crippen LogP contribution in [0.25, 0.3) is 16.6 Å². The molecule has 4 heterocycles. The van der Waals surface area contributed by atoms with E-state index >= 15 is 0 Å². The standard InChI is InChI=1S/C24H27ClN6O/c1-16-23(2,15-32-16)29-5-3-28(4-6-29)22-8-21-18(7-20(22)25)12-27-31(21)19-13-26-30(14-19)24-9-17(10-24)11-24/h7-8,12-14,17H,1,3-6,9-11,15H2,2H3/t17?,23-,24?/m1/s1. The molecule has 8 rings (SSSR count). The Labute approximate surface area is 192 Å². The molecule has 2 bridgehead atoms. The number of piperazine rings is 1. The molecular weight excluding hydrogens is 424 g/mol. The highest BCUT2D eigenvalue weighted by Crippen LogP contribution is 2.62. The number of benzene rings is 1. The predicted molar refractivity (Wildman–Crippen MR) is 124 cm³/mol. The highest BCUT2D eigenvalue weighted by atomic mass is 35.5. The van der Waals surface area contributed by atoms with Crippen LogP contribution in [0.2, 0.25) is 5.02 Å². The molecule has 2 aliphatic heterocycles. The lowest BCUT2D eigenvalue weighted by Gasteiger charge is -2.61. The molecule has 8 heteroatoms. The fourth-order valence-corrected chi connectivity index (χ4v) is 6.26. The molecule has 2 saturated heterocycles. The van der Waals surface area contributed by atoms with E-state index in [4.69, 9.17) is 16.3 Å². The van der Waals surface area contributed by atoms with E-state index in [0.717, 1.165) is 71.8 Å². The van der Waals surface area contributed by atoms with Gasteiger partial charge in [0.1, 0.15) is 23.6 Å². The Hall–Kier alpha value is -2.51. The molecule has 0 N–H and O–H groups in total. The average Bonchev–Trinajstić information content (AvgIpc) is 3.36. The van der Waals surface area contributed by atoms with Crippen molar-refractivity contribution < 1.29 is 4.74 Å². The van der Waals surface area contributed by atoms with Crippen molar-refractivity contribution in [3.63, 3.8) is 0 Å². The molecule has 5 fully saturated rings. The normalized spacial score (nSPS) is 31.8. The van der Waals surface area contributed by atoms with Crippen LogP contribution in [0, 0.1) is 5.92 Å². The van der Waals surface area contributed by atoms with Crippen molar-refractivity contribution in [3.8, 4) is 5.69 Å². The second-order valence-corrected chi connectivity index (χ2v) is 10.6. The van der Waals surface area contributed by atoms with Crippen molar-refractivity contribution in [2.75, 3.05) is 37.7 Å². The van der Waals surface area contributed by atoms with Crippen molar-refractivity contribution in [1.29, 1.82) is 0 Å². The van der Waals surface area contributed by atoms with Gasteiger partial charge in [-0.25, -0.2) is 4.68 Å². The number of hydrogen-bond acceptors (Lipinski definition) is 5. The molecule has 7 nitrogen and oxygen atoms in total. The summed E-state index contributed by atoms with van der Waals surface area (Å²) < 4.78 is 9.64. The van der Waals surface area contributed by atoms with Gasteiger partial charge in [0.15, 0.2) is 0 Å². The number of ether oxygens (including phenoxy) is 1. The highest BCUT2D eigenvalue weighted by molar-refractivity contribution is 6.34. The van der Waals surface area contributed by atoms with Gasteiger partial charge in [-0.15, -0.1) is 0 Å². The van der Waals surface area contributed by atoms with Gasteiger partial charge in [0, 0.05) is 31.6 Å². The van der Waals surface area contributed by atoms with Gasteiger partial charge in [-0.3, -0.25) is 9.58 Å². The number of aromatic nitrogens is 4. The van der Waals surface area contributed by atoms with Gasteiger partial charge >= 0.3 is 0 Å². The van der Waals surface area contributed by atoms with Gasteiger partial charge in [-0.1, -0.05) is 18.2 Å². The monoisotopic (exact) mass is 450 g/mol. The summed E-state index contributed by atoms with van der Waals surface area (Å²) in [6, 6.07) is 4.22. The predicted octanol–water partition coefficient (Wildman–Crippen LogP) is 3.81. The zero-order valence-corrected chi connectivity index (χ0v) is 19.1. The Morgan fingerprint density at radius 1 is 1.09 bits per heavy atom. The molecule has 5 aliphatic rings. The molecule has 1 aromatic carbocycles. The fraction of sp³-hybridized carbons (Fsp3) is 0.500. The summed E-state index contributed by atoms with van der Waals surface area (Å²) >= 11 is 6.73. The van der Waals surface area contributed by atoms with Crippen molar-refractivity contribution in [1.82, 2.24) is 24.5 Å². The van der Waals surface area contributed by atoms with Gasteiger partial charge in [0.05, 0.1) is 40.4 Å². The van der Waals surface area contributed by atoms with Gasteiger partial charge in [0.2, 0.25) is 0 Å². The van der Waals surface area contributed by atoms with Crippen LogP contribution in [0.3, 0.4) is 0 Å². The maximum Gasteiger partial charge on any atom is 0.113 e. The van der Waals surface area contributed by atoms with Crippen LogP contribution in [0.1, 0.15) is 26.2 Å². The van der Waals surface area contributed by atoms with Crippen LogP contribution in [-0.4, -0.2) is 62.8 Å². The Kier molecular flexibility index (Phi) is 3.74. The third kappa shape index (κ3) is 2.46. The van der Waals surface area contributed by atoms with E-state index in [-0.39, 0.29) is 11.1 Å². The van der Waals surface area contributed by atoms with Gasteiger partial charge in [0.25, 0.3) is 0 Å². The summed E-state index contributed by atoms with van der Waals surface area (Å²) in [6.07, 6.45) is 9.82. The smallest absolute Gasteiger partial charge is 0.113 e. The van der Waals surface area contributed by atoms with E-state index in [1.54, 1.807) is 0 Å². The maximum atomic E-state index is 6.73. The Morgan fingerprint density at radius 2 is 1.88 bits per heavy atom. The number of hydrogen-bond donors (Lipinski definition) is 0. The third-order valence-corrected chi connectivity index (χ3v) is 8.69. The van der Waals surface area contributed by atoms with E-state index in [0.29, 0.717) is 0 Å². The topological polar surface area (TPSA) is 51.4 Å². The number of fused-ring (bicyclic) bond motifs is 1. The van der Waals surface area contributed by atoms with Gasteiger partial charge in [-0.2, -0.15) is 10.2 Å². The Bertz CT molecular complexity index is 1240. The lowest BCUT2D eigenvalue weighted by Crippen LogP contribution is -2.63. The Balaban J connectivity index is 1.17. The molecule has 1 atom stereocenters. The van der Waals surface area contributed by atoms with Crippen molar-refractivity contribution >= 4 is 28.2 Å². The summed E-state index contributed by atoms with van der Waals surface area (Å²) in [5, 5.41) is 11.2. The number of rotatable bonds is 4. The minimum Gasteiger partial charge on any atom is -0.494 e. The number of halogens is 1. The average molecular weight is 451 g/mol. The minimum absolute atomic E-state index is 0.0288.